The molecule has 0 bridgehead atoms. The minimum atomic E-state index is -4.49. The molecule has 1 atom stereocenters. The Bertz CT molecular complexity index is 599. The van der Waals surface area contributed by atoms with E-state index >= 15 is 0 Å². The standard InChI is InChI=1S/C17H20F3NO3/c1-23-9-10-24-15-8-7-13(17(18,19)20)11-14(15)21-16(22)12-5-3-2-4-6-12/h2-3,7-8,11-12H,4-6,9-10H2,1H3,(H,21,22)/t12-/m1/s1. The fourth-order valence-corrected chi connectivity index (χ4v) is 2.43. The highest BCUT2D eigenvalue weighted by molar-refractivity contribution is 5.94. The normalized spacial score (nSPS) is 17.6. The molecular weight excluding hydrogens is 323 g/mol. The first-order valence-electron chi connectivity index (χ1n) is 7.70. The summed E-state index contributed by atoms with van der Waals surface area (Å²) >= 11 is 0. The summed E-state index contributed by atoms with van der Waals surface area (Å²) < 4.78 is 49.0. The van der Waals surface area contributed by atoms with Crippen LogP contribution >= 0.6 is 0 Å². The number of benzene rings is 1. The highest BCUT2D eigenvalue weighted by Gasteiger charge is 2.31. The van der Waals surface area contributed by atoms with E-state index in [-0.39, 0.29) is 29.9 Å². The molecule has 1 aliphatic carbocycles. The van der Waals surface area contributed by atoms with Crippen molar-refractivity contribution < 1.29 is 27.4 Å². The zero-order valence-electron chi connectivity index (χ0n) is 13.4. The van der Waals surface area contributed by atoms with Crippen molar-refractivity contribution in [2.75, 3.05) is 25.6 Å². The third-order valence-corrected chi connectivity index (χ3v) is 3.75. The van der Waals surface area contributed by atoms with Crippen LogP contribution in [0.1, 0.15) is 24.8 Å². The lowest BCUT2D eigenvalue weighted by Crippen LogP contribution is -2.24. The highest BCUT2D eigenvalue weighted by Crippen LogP contribution is 2.35. The van der Waals surface area contributed by atoms with E-state index in [4.69, 9.17) is 9.47 Å². The maximum atomic E-state index is 12.9. The third kappa shape index (κ3) is 4.99. The zero-order chi connectivity index (χ0) is 17.6. The van der Waals surface area contributed by atoms with Crippen molar-refractivity contribution in [3.05, 3.63) is 35.9 Å². The Balaban J connectivity index is 2.19. The predicted octanol–water partition coefficient (Wildman–Crippen LogP) is 4.03. The Labute approximate surface area is 138 Å². The van der Waals surface area contributed by atoms with Gasteiger partial charge in [0.25, 0.3) is 0 Å². The predicted molar refractivity (Wildman–Crippen MR) is 83.9 cm³/mol. The number of hydrogen-bond donors (Lipinski definition) is 1. The van der Waals surface area contributed by atoms with Gasteiger partial charge in [0.05, 0.1) is 17.9 Å². The summed E-state index contributed by atoms with van der Waals surface area (Å²) in [5.41, 5.74) is -0.805. The van der Waals surface area contributed by atoms with Crippen LogP contribution in [0.2, 0.25) is 0 Å². The summed E-state index contributed by atoms with van der Waals surface area (Å²) in [7, 11) is 1.50. The van der Waals surface area contributed by atoms with Gasteiger partial charge in [0.1, 0.15) is 12.4 Å². The fraction of sp³-hybridized carbons (Fsp3) is 0.471. The average molecular weight is 343 g/mol. The summed E-state index contributed by atoms with van der Waals surface area (Å²) in [4.78, 5) is 12.3. The first kappa shape index (κ1) is 18.3. The van der Waals surface area contributed by atoms with Crippen molar-refractivity contribution in [1.29, 1.82) is 0 Å². The van der Waals surface area contributed by atoms with Gasteiger partial charge in [0.15, 0.2) is 0 Å². The first-order valence-corrected chi connectivity index (χ1v) is 7.70. The van der Waals surface area contributed by atoms with Gasteiger partial charge in [0, 0.05) is 13.0 Å². The van der Waals surface area contributed by atoms with E-state index in [9.17, 15) is 18.0 Å². The maximum Gasteiger partial charge on any atom is 0.416 e. The van der Waals surface area contributed by atoms with Gasteiger partial charge in [-0.15, -0.1) is 0 Å². The number of nitrogens with one attached hydrogen (secondary N) is 1. The SMILES string of the molecule is COCCOc1ccc(C(F)(F)F)cc1NC(=O)[C@@H]1CC=CCC1. The molecule has 1 N–H and O–H groups in total. The molecule has 0 fully saturated rings. The van der Waals surface area contributed by atoms with E-state index in [1.54, 1.807) is 0 Å². The number of allylic oxidation sites excluding steroid dienone is 2. The number of hydrogen-bond acceptors (Lipinski definition) is 3. The molecular formula is C17H20F3NO3. The van der Waals surface area contributed by atoms with Crippen molar-refractivity contribution in [1.82, 2.24) is 0 Å². The molecule has 0 aromatic heterocycles. The van der Waals surface area contributed by atoms with Crippen molar-refractivity contribution in [3.8, 4) is 5.75 Å². The van der Waals surface area contributed by atoms with Crippen LogP contribution in [0.5, 0.6) is 5.75 Å². The van der Waals surface area contributed by atoms with Gasteiger partial charge in [0.2, 0.25) is 5.91 Å². The van der Waals surface area contributed by atoms with Gasteiger partial charge in [-0.2, -0.15) is 13.2 Å². The van der Waals surface area contributed by atoms with Crippen LogP contribution in [0.25, 0.3) is 0 Å². The van der Waals surface area contributed by atoms with Crippen LogP contribution < -0.4 is 10.1 Å². The number of rotatable bonds is 6. The molecule has 0 radical (unpaired) electrons. The smallest absolute Gasteiger partial charge is 0.416 e. The van der Waals surface area contributed by atoms with E-state index in [1.807, 2.05) is 12.2 Å². The molecule has 0 saturated heterocycles. The topological polar surface area (TPSA) is 47.6 Å². The monoisotopic (exact) mass is 343 g/mol. The van der Waals surface area contributed by atoms with Gasteiger partial charge in [-0.3, -0.25) is 4.79 Å². The zero-order valence-corrected chi connectivity index (χ0v) is 13.4. The van der Waals surface area contributed by atoms with E-state index in [1.165, 1.54) is 13.2 Å². The lowest BCUT2D eigenvalue weighted by Gasteiger charge is -2.20. The molecule has 0 saturated carbocycles. The third-order valence-electron chi connectivity index (χ3n) is 3.75. The van der Waals surface area contributed by atoms with Crippen LogP contribution in [0.15, 0.2) is 30.4 Å². The summed E-state index contributed by atoms with van der Waals surface area (Å²) in [6.07, 6.45) is 1.48. The Morgan fingerprint density at radius 3 is 2.71 bits per heavy atom. The summed E-state index contributed by atoms with van der Waals surface area (Å²) in [6, 6.07) is 3.05. The van der Waals surface area contributed by atoms with E-state index < -0.39 is 11.7 Å². The Morgan fingerprint density at radius 1 is 1.29 bits per heavy atom. The molecule has 0 spiro atoms. The van der Waals surface area contributed by atoms with E-state index in [0.29, 0.717) is 19.4 Å². The van der Waals surface area contributed by atoms with Gasteiger partial charge >= 0.3 is 6.18 Å². The molecule has 0 aliphatic heterocycles. The van der Waals surface area contributed by atoms with Gasteiger partial charge in [-0.05, 0) is 37.5 Å². The molecule has 1 aliphatic rings. The summed E-state index contributed by atoms with van der Waals surface area (Å²) in [5.74, 6) is -0.341. The molecule has 0 unspecified atom stereocenters. The quantitative estimate of drug-likeness (QED) is 0.627. The molecule has 4 nitrogen and oxygen atoms in total. The molecule has 24 heavy (non-hydrogen) atoms. The molecule has 2 rings (SSSR count). The Morgan fingerprint density at radius 2 is 2.08 bits per heavy atom. The number of methoxy groups -OCH3 is 1. The Hall–Kier alpha value is -2.02. The number of carbonyl (C=O) groups excluding carboxylic acids is 1. The lowest BCUT2D eigenvalue weighted by molar-refractivity contribution is -0.137. The molecule has 7 heteroatoms. The second-order valence-electron chi connectivity index (χ2n) is 5.52. The summed E-state index contributed by atoms with van der Waals surface area (Å²) in [6.45, 7) is 0.471. The molecule has 0 heterocycles. The maximum absolute atomic E-state index is 12.9. The van der Waals surface area contributed by atoms with Gasteiger partial charge in [-0.25, -0.2) is 0 Å². The minimum absolute atomic E-state index is 0.0282. The van der Waals surface area contributed by atoms with Crippen LogP contribution in [-0.4, -0.2) is 26.2 Å². The van der Waals surface area contributed by atoms with Crippen LogP contribution in [0, 0.1) is 5.92 Å². The highest BCUT2D eigenvalue weighted by atomic mass is 19.4. The van der Waals surface area contributed by atoms with E-state index in [2.05, 4.69) is 5.32 Å². The number of amides is 1. The molecule has 1 amide bonds. The van der Waals surface area contributed by atoms with Crippen LogP contribution in [0.4, 0.5) is 18.9 Å². The largest absolute Gasteiger partial charge is 0.489 e. The van der Waals surface area contributed by atoms with Crippen molar-refractivity contribution in [2.24, 2.45) is 5.92 Å². The van der Waals surface area contributed by atoms with Crippen molar-refractivity contribution >= 4 is 11.6 Å². The molecule has 1 aromatic rings. The van der Waals surface area contributed by atoms with E-state index in [0.717, 1.165) is 18.6 Å². The average Bonchev–Trinajstić information content (AvgIpc) is 2.56. The van der Waals surface area contributed by atoms with Crippen molar-refractivity contribution in [2.45, 2.75) is 25.4 Å². The van der Waals surface area contributed by atoms with Gasteiger partial charge in [-0.1, -0.05) is 12.2 Å². The fourth-order valence-electron chi connectivity index (χ4n) is 2.43. The lowest BCUT2D eigenvalue weighted by atomic mass is 9.93. The van der Waals surface area contributed by atoms with Crippen molar-refractivity contribution in [3.63, 3.8) is 0 Å². The molecule has 1 aromatic carbocycles. The van der Waals surface area contributed by atoms with Gasteiger partial charge < -0.3 is 14.8 Å². The van der Waals surface area contributed by atoms with Crippen LogP contribution in [0.3, 0.4) is 0 Å². The minimum Gasteiger partial charge on any atom is -0.489 e. The number of ether oxygens (including phenoxy) is 2. The second kappa shape index (κ2) is 8.19. The molecule has 132 valence electrons. The Kier molecular flexibility index (Phi) is 6.25. The number of alkyl halides is 3. The van der Waals surface area contributed by atoms with Crippen LogP contribution in [-0.2, 0) is 15.7 Å². The number of anilines is 1. The number of carbonyl (C=O) groups is 1. The number of halogens is 3. The summed E-state index contributed by atoms with van der Waals surface area (Å²) in [5, 5.41) is 2.58. The second-order valence-corrected chi connectivity index (χ2v) is 5.52. The first-order chi connectivity index (χ1) is 11.4.